The Morgan fingerprint density at radius 3 is 2.52 bits per heavy atom. The Balaban J connectivity index is 1.84. The molecule has 1 saturated heterocycles. The summed E-state index contributed by atoms with van der Waals surface area (Å²) in [5.74, 6) is -0.0790. The van der Waals surface area contributed by atoms with Crippen molar-refractivity contribution in [2.45, 2.75) is 31.6 Å². The van der Waals surface area contributed by atoms with Crippen molar-refractivity contribution in [2.24, 2.45) is 0 Å². The number of hydrogen-bond acceptors (Lipinski definition) is 4. The van der Waals surface area contributed by atoms with Crippen LogP contribution >= 0.6 is 0 Å². The maximum Gasteiger partial charge on any atom is 0.219 e. The molecule has 1 amide bonds. The Labute approximate surface area is 137 Å². The van der Waals surface area contributed by atoms with Crippen LogP contribution in [0.1, 0.15) is 25.3 Å². The van der Waals surface area contributed by atoms with Gasteiger partial charge in [0.25, 0.3) is 0 Å². The van der Waals surface area contributed by atoms with E-state index in [-0.39, 0.29) is 24.2 Å². The number of nitrogens with zero attached hydrogens (tertiary/aromatic N) is 1. The Kier molecular flexibility index (Phi) is 6.56. The third-order valence-corrected chi connectivity index (χ3v) is 5.27. The highest BCUT2D eigenvalue weighted by Crippen LogP contribution is 2.14. The summed E-state index contributed by atoms with van der Waals surface area (Å²) in [6, 6.07) is 9.18. The van der Waals surface area contributed by atoms with E-state index in [0.717, 1.165) is 18.4 Å². The SMILES string of the molecule is CC(=O)N(CCNS(=O)(=O)Cc1ccccc1)C1CCOCC1. The molecule has 0 spiro atoms. The van der Waals surface area contributed by atoms with Crippen LogP contribution in [0.15, 0.2) is 30.3 Å². The maximum atomic E-state index is 12.1. The molecule has 23 heavy (non-hydrogen) atoms. The van der Waals surface area contributed by atoms with E-state index < -0.39 is 10.0 Å². The summed E-state index contributed by atoms with van der Waals surface area (Å²) in [6.07, 6.45) is 1.60. The third-order valence-electron chi connectivity index (χ3n) is 3.91. The van der Waals surface area contributed by atoms with Gasteiger partial charge in [0.15, 0.2) is 0 Å². The van der Waals surface area contributed by atoms with Gasteiger partial charge in [-0.15, -0.1) is 0 Å². The summed E-state index contributed by atoms with van der Waals surface area (Å²) in [6.45, 7) is 3.43. The second-order valence-electron chi connectivity index (χ2n) is 5.69. The number of benzene rings is 1. The average molecular weight is 340 g/mol. The zero-order valence-corrected chi connectivity index (χ0v) is 14.2. The summed E-state index contributed by atoms with van der Waals surface area (Å²) < 4.78 is 32.1. The number of amides is 1. The van der Waals surface area contributed by atoms with Crippen LogP contribution in [-0.2, 0) is 25.3 Å². The van der Waals surface area contributed by atoms with Gasteiger partial charge in [-0.1, -0.05) is 30.3 Å². The first-order valence-corrected chi connectivity index (χ1v) is 9.49. The Morgan fingerprint density at radius 1 is 1.26 bits per heavy atom. The van der Waals surface area contributed by atoms with Crippen LogP contribution in [0.4, 0.5) is 0 Å². The van der Waals surface area contributed by atoms with E-state index in [0.29, 0.717) is 19.8 Å². The molecule has 1 aromatic rings. The molecule has 1 aromatic carbocycles. The first kappa shape index (κ1) is 17.9. The number of rotatable bonds is 7. The number of sulfonamides is 1. The predicted octanol–water partition coefficient (Wildman–Crippen LogP) is 1.13. The molecule has 0 aliphatic carbocycles. The average Bonchev–Trinajstić information content (AvgIpc) is 2.52. The molecule has 0 aromatic heterocycles. The zero-order chi connectivity index (χ0) is 16.7. The van der Waals surface area contributed by atoms with Crippen molar-refractivity contribution in [3.05, 3.63) is 35.9 Å². The van der Waals surface area contributed by atoms with E-state index in [1.54, 1.807) is 17.0 Å². The highest BCUT2D eigenvalue weighted by molar-refractivity contribution is 7.88. The van der Waals surface area contributed by atoms with Gasteiger partial charge in [-0.25, -0.2) is 13.1 Å². The van der Waals surface area contributed by atoms with Crippen molar-refractivity contribution in [1.82, 2.24) is 9.62 Å². The lowest BCUT2D eigenvalue weighted by Crippen LogP contribution is -2.46. The van der Waals surface area contributed by atoms with E-state index in [9.17, 15) is 13.2 Å². The highest BCUT2D eigenvalue weighted by Gasteiger charge is 2.23. The molecule has 0 bridgehead atoms. The van der Waals surface area contributed by atoms with Crippen molar-refractivity contribution in [3.63, 3.8) is 0 Å². The van der Waals surface area contributed by atoms with Gasteiger partial charge in [0, 0.05) is 39.3 Å². The van der Waals surface area contributed by atoms with E-state index in [1.165, 1.54) is 6.92 Å². The number of carbonyl (C=O) groups is 1. The fourth-order valence-corrected chi connectivity index (χ4v) is 3.90. The first-order chi connectivity index (χ1) is 11.0. The van der Waals surface area contributed by atoms with Crippen LogP contribution in [0.3, 0.4) is 0 Å². The molecule has 128 valence electrons. The summed E-state index contributed by atoms with van der Waals surface area (Å²) >= 11 is 0. The molecule has 0 unspecified atom stereocenters. The van der Waals surface area contributed by atoms with E-state index >= 15 is 0 Å². The Hall–Kier alpha value is -1.44. The van der Waals surface area contributed by atoms with E-state index in [1.807, 2.05) is 18.2 Å². The minimum Gasteiger partial charge on any atom is -0.381 e. The van der Waals surface area contributed by atoms with Crippen LogP contribution in [0.25, 0.3) is 0 Å². The van der Waals surface area contributed by atoms with Crippen LogP contribution < -0.4 is 4.72 Å². The zero-order valence-electron chi connectivity index (χ0n) is 13.4. The second-order valence-corrected chi connectivity index (χ2v) is 7.50. The summed E-state index contributed by atoms with van der Waals surface area (Å²) in [7, 11) is -3.40. The van der Waals surface area contributed by atoms with Gasteiger partial charge in [-0.3, -0.25) is 4.79 Å². The van der Waals surface area contributed by atoms with E-state index in [2.05, 4.69) is 4.72 Å². The number of hydrogen-bond donors (Lipinski definition) is 1. The second kappa shape index (κ2) is 8.42. The van der Waals surface area contributed by atoms with Crippen molar-refractivity contribution in [3.8, 4) is 0 Å². The number of carbonyl (C=O) groups excluding carboxylic acids is 1. The topological polar surface area (TPSA) is 75.7 Å². The standard InChI is InChI=1S/C16H24N2O4S/c1-14(19)18(16-7-11-22-12-8-16)10-9-17-23(20,21)13-15-5-3-2-4-6-15/h2-6,16-17H,7-13H2,1H3. The lowest BCUT2D eigenvalue weighted by atomic mass is 10.1. The fraction of sp³-hybridized carbons (Fsp3) is 0.562. The Morgan fingerprint density at radius 2 is 1.91 bits per heavy atom. The molecule has 0 radical (unpaired) electrons. The van der Waals surface area contributed by atoms with Crippen LogP contribution in [0.5, 0.6) is 0 Å². The van der Waals surface area contributed by atoms with Crippen molar-refractivity contribution >= 4 is 15.9 Å². The molecule has 2 rings (SSSR count). The van der Waals surface area contributed by atoms with Gasteiger partial charge < -0.3 is 9.64 Å². The van der Waals surface area contributed by atoms with E-state index in [4.69, 9.17) is 4.74 Å². The van der Waals surface area contributed by atoms with Gasteiger partial charge >= 0.3 is 0 Å². The molecule has 1 fully saturated rings. The molecule has 1 heterocycles. The van der Waals surface area contributed by atoms with Gasteiger partial charge in [-0.05, 0) is 18.4 Å². The molecule has 1 N–H and O–H groups in total. The summed E-state index contributed by atoms with van der Waals surface area (Å²) in [5, 5.41) is 0. The van der Waals surface area contributed by atoms with Gasteiger partial charge in [-0.2, -0.15) is 0 Å². The van der Waals surface area contributed by atoms with Crippen molar-refractivity contribution in [1.29, 1.82) is 0 Å². The number of nitrogens with one attached hydrogen (secondary N) is 1. The monoisotopic (exact) mass is 340 g/mol. The molecule has 0 saturated carbocycles. The lowest BCUT2D eigenvalue weighted by molar-refractivity contribution is -0.132. The predicted molar refractivity (Wildman–Crippen MR) is 88.3 cm³/mol. The lowest BCUT2D eigenvalue weighted by Gasteiger charge is -2.33. The Bertz CT molecular complexity index is 598. The normalized spacial score (nSPS) is 16.2. The van der Waals surface area contributed by atoms with Gasteiger partial charge in [0.05, 0.1) is 5.75 Å². The molecular formula is C16H24N2O4S. The molecular weight excluding hydrogens is 316 g/mol. The van der Waals surface area contributed by atoms with Crippen molar-refractivity contribution in [2.75, 3.05) is 26.3 Å². The molecule has 7 heteroatoms. The molecule has 1 aliphatic rings. The van der Waals surface area contributed by atoms with Crippen LogP contribution in [0.2, 0.25) is 0 Å². The summed E-state index contributed by atoms with van der Waals surface area (Å²) in [5.41, 5.74) is 0.743. The van der Waals surface area contributed by atoms with Crippen LogP contribution in [0, 0.1) is 0 Å². The minimum atomic E-state index is -3.40. The molecule has 6 nitrogen and oxygen atoms in total. The fourth-order valence-electron chi connectivity index (χ4n) is 2.76. The summed E-state index contributed by atoms with van der Waals surface area (Å²) in [4.78, 5) is 13.5. The molecule has 1 aliphatic heterocycles. The van der Waals surface area contributed by atoms with Crippen molar-refractivity contribution < 1.29 is 17.9 Å². The highest BCUT2D eigenvalue weighted by atomic mass is 32.2. The quantitative estimate of drug-likeness (QED) is 0.807. The molecule has 0 atom stereocenters. The largest absolute Gasteiger partial charge is 0.381 e. The first-order valence-electron chi connectivity index (χ1n) is 7.84. The van der Waals surface area contributed by atoms with Gasteiger partial charge in [0.1, 0.15) is 0 Å². The maximum absolute atomic E-state index is 12.1. The third kappa shape index (κ3) is 5.93. The van der Waals surface area contributed by atoms with Crippen LogP contribution in [-0.4, -0.2) is 51.6 Å². The van der Waals surface area contributed by atoms with Gasteiger partial charge in [0.2, 0.25) is 15.9 Å². The number of ether oxygens (including phenoxy) is 1. The smallest absolute Gasteiger partial charge is 0.219 e. The minimum absolute atomic E-state index is 0.0286.